The number of amides is 1. The number of hydrogen-bond acceptors (Lipinski definition) is 5. The van der Waals surface area contributed by atoms with Crippen LogP contribution in [0.3, 0.4) is 0 Å². The second kappa shape index (κ2) is 7.24. The molecule has 144 valence electrons. The summed E-state index contributed by atoms with van der Waals surface area (Å²) in [5.41, 5.74) is 0.907. The zero-order valence-electron chi connectivity index (χ0n) is 15.1. The third kappa shape index (κ3) is 3.71. The fourth-order valence-corrected chi connectivity index (χ4v) is 5.25. The Morgan fingerprint density at radius 3 is 2.50 bits per heavy atom. The Labute approximate surface area is 162 Å². The van der Waals surface area contributed by atoms with Gasteiger partial charge in [-0.3, -0.25) is 9.59 Å². The summed E-state index contributed by atoms with van der Waals surface area (Å²) in [7, 11) is -3.18. The van der Waals surface area contributed by atoms with Crippen LogP contribution in [0.2, 0.25) is 0 Å². The van der Waals surface area contributed by atoms with Crippen LogP contribution < -0.4 is 5.43 Å². The van der Waals surface area contributed by atoms with Crippen LogP contribution in [0.25, 0.3) is 11.0 Å². The van der Waals surface area contributed by atoms with E-state index >= 15 is 0 Å². The number of hydrogen-bond donors (Lipinski definition) is 0. The summed E-state index contributed by atoms with van der Waals surface area (Å²) in [5.74, 6) is -0.584. The maximum atomic E-state index is 13.2. The molecule has 1 amide bonds. The highest BCUT2D eigenvalue weighted by molar-refractivity contribution is 7.91. The third-order valence-corrected chi connectivity index (χ3v) is 6.70. The van der Waals surface area contributed by atoms with Gasteiger partial charge in [0.25, 0.3) is 5.91 Å². The van der Waals surface area contributed by atoms with Crippen molar-refractivity contribution in [3.05, 3.63) is 82.2 Å². The molecule has 0 radical (unpaired) electrons. The number of fused-ring (bicyclic) bond motifs is 1. The minimum atomic E-state index is -3.18. The first-order valence-corrected chi connectivity index (χ1v) is 10.8. The minimum absolute atomic E-state index is 0.0535. The summed E-state index contributed by atoms with van der Waals surface area (Å²) in [5, 5.41) is 0.400. The fourth-order valence-electron chi connectivity index (χ4n) is 3.52. The lowest BCUT2D eigenvalue weighted by atomic mass is 10.1. The van der Waals surface area contributed by atoms with E-state index in [-0.39, 0.29) is 29.2 Å². The average Bonchev–Trinajstić information content (AvgIpc) is 3.06. The van der Waals surface area contributed by atoms with Gasteiger partial charge in [-0.25, -0.2) is 8.42 Å². The number of sulfone groups is 1. The molecule has 0 saturated carbocycles. The van der Waals surface area contributed by atoms with Gasteiger partial charge in [0.1, 0.15) is 5.58 Å². The van der Waals surface area contributed by atoms with Crippen LogP contribution in [0, 0.1) is 0 Å². The Morgan fingerprint density at radius 2 is 1.79 bits per heavy atom. The maximum Gasteiger partial charge on any atom is 0.290 e. The Kier molecular flexibility index (Phi) is 4.77. The zero-order valence-corrected chi connectivity index (χ0v) is 15.9. The van der Waals surface area contributed by atoms with Crippen LogP contribution in [0.1, 0.15) is 22.5 Å². The molecule has 4 rings (SSSR count). The van der Waals surface area contributed by atoms with Crippen molar-refractivity contribution in [3.63, 3.8) is 0 Å². The number of para-hydroxylation sites is 1. The van der Waals surface area contributed by atoms with Crippen LogP contribution in [0.4, 0.5) is 0 Å². The molecule has 0 bridgehead atoms. The zero-order chi connectivity index (χ0) is 19.7. The molecule has 0 N–H and O–H groups in total. The maximum absolute atomic E-state index is 13.2. The van der Waals surface area contributed by atoms with Crippen LogP contribution in [-0.4, -0.2) is 36.8 Å². The Bertz CT molecular complexity index is 1180. The van der Waals surface area contributed by atoms with Crippen LogP contribution >= 0.6 is 0 Å². The monoisotopic (exact) mass is 397 g/mol. The number of carbonyl (C=O) groups excluding carboxylic acids is 1. The van der Waals surface area contributed by atoms with Crippen molar-refractivity contribution in [3.8, 4) is 0 Å². The molecular weight excluding hydrogens is 378 g/mol. The van der Waals surface area contributed by atoms with E-state index in [9.17, 15) is 18.0 Å². The lowest BCUT2D eigenvalue weighted by Gasteiger charge is -2.28. The molecule has 1 atom stereocenters. The van der Waals surface area contributed by atoms with Crippen LogP contribution in [-0.2, 0) is 16.4 Å². The Morgan fingerprint density at radius 1 is 1.07 bits per heavy atom. The lowest BCUT2D eigenvalue weighted by Crippen LogP contribution is -2.40. The first kappa shape index (κ1) is 18.4. The second-order valence-electron chi connectivity index (χ2n) is 6.95. The van der Waals surface area contributed by atoms with Gasteiger partial charge >= 0.3 is 0 Å². The van der Waals surface area contributed by atoms with Gasteiger partial charge in [-0.15, -0.1) is 0 Å². The van der Waals surface area contributed by atoms with Crippen molar-refractivity contribution in [1.29, 1.82) is 0 Å². The van der Waals surface area contributed by atoms with E-state index in [4.69, 9.17) is 4.42 Å². The largest absolute Gasteiger partial charge is 0.451 e. The quantitative estimate of drug-likeness (QED) is 0.676. The van der Waals surface area contributed by atoms with Crippen molar-refractivity contribution < 1.29 is 17.6 Å². The highest BCUT2D eigenvalue weighted by Crippen LogP contribution is 2.23. The molecule has 2 heterocycles. The normalized spacial score (nSPS) is 18.2. The molecular formula is C21H19NO5S. The van der Waals surface area contributed by atoms with Crippen molar-refractivity contribution in [1.82, 2.24) is 4.90 Å². The summed E-state index contributed by atoms with van der Waals surface area (Å²) in [6, 6.07) is 16.8. The summed E-state index contributed by atoms with van der Waals surface area (Å²) >= 11 is 0. The van der Waals surface area contributed by atoms with Gasteiger partial charge in [-0.05, 0) is 24.1 Å². The molecule has 7 heteroatoms. The van der Waals surface area contributed by atoms with E-state index in [0.29, 0.717) is 17.4 Å². The van der Waals surface area contributed by atoms with Gasteiger partial charge < -0.3 is 9.32 Å². The topological polar surface area (TPSA) is 84.7 Å². The highest BCUT2D eigenvalue weighted by atomic mass is 32.2. The van der Waals surface area contributed by atoms with Gasteiger partial charge in [0.15, 0.2) is 21.0 Å². The van der Waals surface area contributed by atoms with Crippen LogP contribution in [0.15, 0.2) is 69.9 Å². The van der Waals surface area contributed by atoms with Crippen molar-refractivity contribution in [2.45, 2.75) is 19.0 Å². The molecule has 1 saturated heterocycles. The second-order valence-corrected chi connectivity index (χ2v) is 9.18. The van der Waals surface area contributed by atoms with Gasteiger partial charge in [0, 0.05) is 18.7 Å². The smallest absolute Gasteiger partial charge is 0.290 e. The molecule has 0 spiro atoms. The molecule has 1 fully saturated rings. The molecule has 6 nitrogen and oxygen atoms in total. The number of benzene rings is 2. The first-order chi connectivity index (χ1) is 13.4. The van der Waals surface area contributed by atoms with Crippen molar-refractivity contribution in [2.75, 3.05) is 11.5 Å². The minimum Gasteiger partial charge on any atom is -0.451 e. The predicted octanol–water partition coefficient (Wildman–Crippen LogP) is 2.62. The van der Waals surface area contributed by atoms with E-state index in [1.807, 2.05) is 30.3 Å². The molecule has 1 aliphatic heterocycles. The Hall–Kier alpha value is -2.93. The number of rotatable bonds is 4. The summed E-state index contributed by atoms with van der Waals surface area (Å²) < 4.78 is 29.6. The highest BCUT2D eigenvalue weighted by Gasteiger charge is 2.36. The molecule has 1 aromatic heterocycles. The fraction of sp³-hybridized carbons (Fsp3) is 0.238. The van der Waals surface area contributed by atoms with Crippen molar-refractivity contribution >= 4 is 26.7 Å². The molecule has 28 heavy (non-hydrogen) atoms. The summed E-state index contributed by atoms with van der Waals surface area (Å²) in [6.07, 6.45) is 0.374. The van der Waals surface area contributed by atoms with Gasteiger partial charge in [0.2, 0.25) is 0 Å². The molecule has 2 aromatic carbocycles. The van der Waals surface area contributed by atoms with Gasteiger partial charge in [-0.2, -0.15) is 0 Å². The summed E-state index contributed by atoms with van der Waals surface area (Å²) in [6.45, 7) is 0.246. The van der Waals surface area contributed by atoms with E-state index in [1.165, 1.54) is 11.0 Å². The summed E-state index contributed by atoms with van der Waals surface area (Å²) in [4.78, 5) is 27.1. The van der Waals surface area contributed by atoms with Crippen LogP contribution in [0.5, 0.6) is 0 Å². The molecule has 1 aliphatic rings. The average molecular weight is 397 g/mol. The number of nitrogens with zero attached hydrogens (tertiary/aromatic N) is 1. The predicted molar refractivity (Wildman–Crippen MR) is 106 cm³/mol. The van der Waals surface area contributed by atoms with Gasteiger partial charge in [-0.1, -0.05) is 42.5 Å². The van der Waals surface area contributed by atoms with Gasteiger partial charge in [0.05, 0.1) is 16.9 Å². The molecule has 0 aliphatic carbocycles. The van der Waals surface area contributed by atoms with Crippen molar-refractivity contribution in [2.24, 2.45) is 0 Å². The van der Waals surface area contributed by atoms with E-state index in [0.717, 1.165) is 5.56 Å². The first-order valence-electron chi connectivity index (χ1n) is 9.01. The molecule has 0 unspecified atom stereocenters. The molecule has 3 aromatic rings. The van der Waals surface area contributed by atoms with E-state index in [1.54, 1.807) is 24.3 Å². The Balaban J connectivity index is 1.73. The lowest BCUT2D eigenvalue weighted by molar-refractivity contribution is 0.0648. The number of carbonyl (C=O) groups is 1. The SMILES string of the molecule is O=C(c1cc(=O)c2ccccc2o1)N(Cc1ccccc1)[C@@H]1CCS(=O)(=O)C1. The standard InChI is InChI=1S/C21H19NO5S/c23-18-12-20(27-19-9-5-4-8-17(18)19)21(24)22(13-15-6-2-1-3-7-15)16-10-11-28(25,26)14-16/h1-9,12,16H,10-11,13-14H2/t16-/m1/s1. The third-order valence-electron chi connectivity index (χ3n) is 4.95. The van der Waals surface area contributed by atoms with E-state index in [2.05, 4.69) is 0 Å². The van der Waals surface area contributed by atoms with E-state index < -0.39 is 21.8 Å².